The quantitative estimate of drug-likeness (QED) is 0.662. The van der Waals surface area contributed by atoms with Gasteiger partial charge in [0, 0.05) is 32.7 Å². The molecule has 0 atom stereocenters. The van der Waals surface area contributed by atoms with Gasteiger partial charge >= 0.3 is 0 Å². The van der Waals surface area contributed by atoms with Crippen molar-refractivity contribution in [1.29, 1.82) is 0 Å². The topological polar surface area (TPSA) is 81.7 Å². The normalized spacial score (nSPS) is 34.3. The lowest BCUT2D eigenvalue weighted by Crippen LogP contribution is -2.53. The fourth-order valence-corrected chi connectivity index (χ4v) is 3.97. The van der Waals surface area contributed by atoms with E-state index in [4.69, 9.17) is 0 Å². The second-order valence-corrected chi connectivity index (χ2v) is 7.64. The highest BCUT2D eigenvalue weighted by molar-refractivity contribution is 7.87. The summed E-state index contributed by atoms with van der Waals surface area (Å²) in [5, 5.41) is 13.5. The van der Waals surface area contributed by atoms with Crippen molar-refractivity contribution >= 4 is 10.2 Å². The van der Waals surface area contributed by atoms with Crippen molar-refractivity contribution in [3.63, 3.8) is 0 Å². The van der Waals surface area contributed by atoms with Gasteiger partial charge in [-0.3, -0.25) is 0 Å². The summed E-state index contributed by atoms with van der Waals surface area (Å²) >= 11 is 0. The molecular formula is C12H25N3O3S. The second kappa shape index (κ2) is 6.05. The Labute approximate surface area is 115 Å². The Balaban J connectivity index is 1.86. The monoisotopic (exact) mass is 291 g/mol. The van der Waals surface area contributed by atoms with Crippen molar-refractivity contribution < 1.29 is 13.5 Å². The van der Waals surface area contributed by atoms with Crippen LogP contribution in [0.1, 0.15) is 32.6 Å². The summed E-state index contributed by atoms with van der Waals surface area (Å²) in [6, 6.07) is 0. The molecule has 2 rings (SSSR count). The van der Waals surface area contributed by atoms with Crippen LogP contribution in [0.3, 0.4) is 0 Å². The van der Waals surface area contributed by atoms with E-state index in [0.717, 1.165) is 12.8 Å². The molecule has 7 heteroatoms. The molecule has 19 heavy (non-hydrogen) atoms. The van der Waals surface area contributed by atoms with E-state index in [0.29, 0.717) is 44.9 Å². The maximum atomic E-state index is 12.1. The summed E-state index contributed by atoms with van der Waals surface area (Å²) in [4.78, 5) is 0. The van der Waals surface area contributed by atoms with Crippen LogP contribution in [0.2, 0.25) is 0 Å². The first-order chi connectivity index (χ1) is 8.91. The van der Waals surface area contributed by atoms with E-state index in [1.54, 1.807) is 0 Å². The molecule has 0 aromatic rings. The van der Waals surface area contributed by atoms with Crippen molar-refractivity contribution in [2.45, 2.75) is 38.2 Å². The van der Waals surface area contributed by atoms with Gasteiger partial charge in [0.1, 0.15) is 0 Å². The van der Waals surface area contributed by atoms with E-state index in [1.807, 2.05) is 0 Å². The van der Waals surface area contributed by atoms with Crippen molar-refractivity contribution in [2.24, 2.45) is 5.92 Å². The first-order valence-electron chi connectivity index (χ1n) is 7.09. The molecule has 1 aliphatic carbocycles. The van der Waals surface area contributed by atoms with Crippen molar-refractivity contribution in [2.75, 3.05) is 32.7 Å². The maximum Gasteiger partial charge on any atom is 0.279 e. The summed E-state index contributed by atoms with van der Waals surface area (Å²) in [6.45, 7) is 4.65. The van der Waals surface area contributed by atoms with E-state index < -0.39 is 15.8 Å². The molecule has 1 aliphatic heterocycles. The maximum absolute atomic E-state index is 12.1. The highest BCUT2D eigenvalue weighted by atomic mass is 32.2. The third-order valence-corrected chi connectivity index (χ3v) is 5.76. The minimum atomic E-state index is -3.45. The number of hydrogen-bond acceptors (Lipinski definition) is 4. The second-order valence-electron chi connectivity index (χ2n) is 5.88. The summed E-state index contributed by atoms with van der Waals surface area (Å²) < 4.78 is 28.2. The fourth-order valence-electron chi connectivity index (χ4n) is 2.68. The molecule has 0 bridgehead atoms. The molecule has 0 aromatic heterocycles. The van der Waals surface area contributed by atoms with Crippen LogP contribution in [-0.4, -0.2) is 56.2 Å². The lowest BCUT2D eigenvalue weighted by molar-refractivity contribution is -0.00213. The molecule has 3 N–H and O–H groups in total. The SMILES string of the molecule is CC1CCC(O)(CNS(=O)(=O)N2CCNCC2)CC1. The van der Waals surface area contributed by atoms with Crippen LogP contribution in [0.25, 0.3) is 0 Å². The molecular weight excluding hydrogens is 266 g/mol. The van der Waals surface area contributed by atoms with E-state index in [-0.39, 0.29) is 6.54 Å². The van der Waals surface area contributed by atoms with Crippen LogP contribution in [0, 0.1) is 5.92 Å². The Morgan fingerprint density at radius 3 is 2.47 bits per heavy atom. The van der Waals surface area contributed by atoms with Crippen molar-refractivity contribution in [1.82, 2.24) is 14.3 Å². The van der Waals surface area contributed by atoms with Gasteiger partial charge in [0.2, 0.25) is 0 Å². The number of nitrogens with one attached hydrogen (secondary N) is 2. The molecule has 0 amide bonds. The zero-order chi connectivity index (χ0) is 13.9. The highest BCUT2D eigenvalue weighted by Crippen LogP contribution is 2.31. The van der Waals surface area contributed by atoms with E-state index in [9.17, 15) is 13.5 Å². The number of nitrogens with zero attached hydrogens (tertiary/aromatic N) is 1. The molecule has 112 valence electrons. The van der Waals surface area contributed by atoms with Crippen molar-refractivity contribution in [3.05, 3.63) is 0 Å². The zero-order valence-electron chi connectivity index (χ0n) is 11.6. The van der Waals surface area contributed by atoms with Crippen molar-refractivity contribution in [3.8, 4) is 0 Å². The Morgan fingerprint density at radius 2 is 1.89 bits per heavy atom. The van der Waals surface area contributed by atoms with Crippen LogP contribution in [0.15, 0.2) is 0 Å². The molecule has 1 saturated carbocycles. The van der Waals surface area contributed by atoms with Gasteiger partial charge in [0.15, 0.2) is 0 Å². The van der Waals surface area contributed by atoms with Gasteiger partial charge in [-0.15, -0.1) is 0 Å². The first-order valence-corrected chi connectivity index (χ1v) is 8.53. The van der Waals surface area contributed by atoms with E-state index >= 15 is 0 Å². The van der Waals surface area contributed by atoms with Gasteiger partial charge < -0.3 is 10.4 Å². The molecule has 0 radical (unpaired) electrons. The summed E-state index contributed by atoms with van der Waals surface area (Å²) in [5.74, 6) is 0.630. The molecule has 1 heterocycles. The molecule has 0 aromatic carbocycles. The minimum absolute atomic E-state index is 0.131. The number of aliphatic hydroxyl groups is 1. The third kappa shape index (κ3) is 4.13. The van der Waals surface area contributed by atoms with Gasteiger partial charge in [-0.25, -0.2) is 0 Å². The molecule has 0 spiro atoms. The van der Waals surface area contributed by atoms with Gasteiger partial charge in [0.25, 0.3) is 10.2 Å². The Kier molecular flexibility index (Phi) is 4.84. The third-order valence-electron chi connectivity index (χ3n) is 4.20. The van der Waals surface area contributed by atoms with Gasteiger partial charge in [-0.05, 0) is 31.6 Å². The number of piperazine rings is 1. The largest absolute Gasteiger partial charge is 0.389 e. The van der Waals surface area contributed by atoms with Gasteiger partial charge in [-0.1, -0.05) is 6.92 Å². The molecule has 6 nitrogen and oxygen atoms in total. The number of hydrogen-bond donors (Lipinski definition) is 3. The molecule has 2 aliphatic rings. The van der Waals surface area contributed by atoms with Gasteiger partial charge in [0.05, 0.1) is 5.60 Å². The fraction of sp³-hybridized carbons (Fsp3) is 1.00. The van der Waals surface area contributed by atoms with Crippen LogP contribution in [-0.2, 0) is 10.2 Å². The van der Waals surface area contributed by atoms with E-state index in [2.05, 4.69) is 17.0 Å². The average molecular weight is 291 g/mol. The highest BCUT2D eigenvalue weighted by Gasteiger charge is 2.34. The van der Waals surface area contributed by atoms with E-state index in [1.165, 1.54) is 4.31 Å². The van der Waals surface area contributed by atoms with Crippen LogP contribution < -0.4 is 10.0 Å². The lowest BCUT2D eigenvalue weighted by atomic mass is 9.80. The van der Waals surface area contributed by atoms with Gasteiger partial charge in [-0.2, -0.15) is 17.4 Å². The molecule has 2 fully saturated rings. The Hall–Kier alpha value is -0.210. The standard InChI is InChI=1S/C12H25N3O3S/c1-11-2-4-12(16,5-3-11)10-14-19(17,18)15-8-6-13-7-9-15/h11,13-14,16H,2-10H2,1H3. The number of rotatable bonds is 4. The first kappa shape index (κ1) is 15.2. The molecule has 1 saturated heterocycles. The van der Waals surface area contributed by atoms with Crippen LogP contribution in [0.4, 0.5) is 0 Å². The Bertz CT molecular complexity index is 385. The predicted molar refractivity (Wildman–Crippen MR) is 73.9 cm³/mol. The minimum Gasteiger partial charge on any atom is -0.389 e. The van der Waals surface area contributed by atoms with Crippen LogP contribution >= 0.6 is 0 Å². The summed E-state index contributed by atoms with van der Waals surface area (Å²) in [5.41, 5.74) is -0.867. The zero-order valence-corrected chi connectivity index (χ0v) is 12.4. The summed E-state index contributed by atoms with van der Waals surface area (Å²) in [6.07, 6.45) is 3.29. The average Bonchev–Trinajstić information content (AvgIpc) is 2.42. The predicted octanol–water partition coefficient (Wildman–Crippen LogP) is -0.333. The molecule has 0 unspecified atom stereocenters. The van der Waals surface area contributed by atoms with Crippen LogP contribution in [0.5, 0.6) is 0 Å². The lowest BCUT2D eigenvalue weighted by Gasteiger charge is -2.36. The Morgan fingerprint density at radius 1 is 1.32 bits per heavy atom. The summed E-state index contributed by atoms with van der Waals surface area (Å²) in [7, 11) is -3.45. The smallest absolute Gasteiger partial charge is 0.279 e.